The van der Waals surface area contributed by atoms with Crippen LogP contribution in [-0.2, 0) is 16.5 Å². The zero-order valence-electron chi connectivity index (χ0n) is 15.2. The van der Waals surface area contributed by atoms with Gasteiger partial charge in [0.05, 0.1) is 13.2 Å². The Morgan fingerprint density at radius 3 is 2.26 bits per heavy atom. The molecule has 23 heavy (non-hydrogen) atoms. The third kappa shape index (κ3) is 4.71. The Morgan fingerprint density at radius 2 is 1.83 bits per heavy atom. The van der Waals surface area contributed by atoms with Gasteiger partial charge in [-0.25, -0.2) is 14.6 Å². The highest BCUT2D eigenvalue weighted by Crippen LogP contribution is 2.24. The lowest BCUT2D eigenvalue weighted by molar-refractivity contribution is 0.0485. The smallest absolute Gasteiger partial charge is 0.408 e. The summed E-state index contributed by atoms with van der Waals surface area (Å²) in [5.41, 5.74) is 0.352. The number of esters is 1. The van der Waals surface area contributed by atoms with Gasteiger partial charge in [0, 0.05) is 12.7 Å². The normalized spacial score (nSPS) is 12.9. The lowest BCUT2D eigenvalue weighted by atomic mass is 10.0. The molecule has 1 atom stereocenters. The molecule has 0 fully saturated rings. The van der Waals surface area contributed by atoms with Crippen molar-refractivity contribution >= 4 is 12.1 Å². The number of amides is 1. The van der Waals surface area contributed by atoms with Crippen molar-refractivity contribution in [2.45, 2.75) is 53.2 Å². The largest absolute Gasteiger partial charge is 0.464 e. The second-order valence-electron chi connectivity index (χ2n) is 6.82. The SMILES string of the molecule is COC(=O)c1nc([C@@H](NC(=O)OC(C)(C)C)C(C)C)n(C)c1C. The number of hydrogen-bond donors (Lipinski definition) is 1. The molecule has 0 aliphatic carbocycles. The Hall–Kier alpha value is -2.05. The number of methoxy groups -OCH3 is 1. The van der Waals surface area contributed by atoms with E-state index in [2.05, 4.69) is 10.3 Å². The first-order chi connectivity index (χ1) is 10.5. The lowest BCUT2D eigenvalue weighted by Crippen LogP contribution is -2.37. The van der Waals surface area contributed by atoms with Gasteiger partial charge in [-0.1, -0.05) is 13.8 Å². The molecule has 0 saturated carbocycles. The fraction of sp³-hybridized carbons (Fsp3) is 0.688. The van der Waals surface area contributed by atoms with Crippen LogP contribution in [0.4, 0.5) is 4.79 Å². The Balaban J connectivity index is 3.12. The average Bonchev–Trinajstić information content (AvgIpc) is 2.70. The molecule has 1 rings (SSSR count). The average molecular weight is 325 g/mol. The molecule has 1 aromatic rings. The number of aromatic nitrogens is 2. The van der Waals surface area contributed by atoms with Gasteiger partial charge in [-0.3, -0.25) is 0 Å². The fourth-order valence-corrected chi connectivity index (χ4v) is 2.13. The van der Waals surface area contributed by atoms with Crippen molar-refractivity contribution < 1.29 is 19.1 Å². The van der Waals surface area contributed by atoms with E-state index in [1.807, 2.05) is 13.8 Å². The van der Waals surface area contributed by atoms with Crippen LogP contribution in [0, 0.1) is 12.8 Å². The maximum absolute atomic E-state index is 12.1. The van der Waals surface area contributed by atoms with Crippen molar-refractivity contribution in [3.63, 3.8) is 0 Å². The predicted octanol–water partition coefficient (Wildman–Crippen LogP) is 2.74. The molecule has 0 bridgehead atoms. The molecule has 1 N–H and O–H groups in total. The molecule has 0 radical (unpaired) electrons. The van der Waals surface area contributed by atoms with E-state index >= 15 is 0 Å². The number of hydrogen-bond acceptors (Lipinski definition) is 5. The summed E-state index contributed by atoms with van der Waals surface area (Å²) in [5, 5.41) is 2.83. The Labute approximate surface area is 137 Å². The summed E-state index contributed by atoms with van der Waals surface area (Å²) in [4.78, 5) is 28.2. The summed E-state index contributed by atoms with van der Waals surface area (Å²) in [7, 11) is 3.12. The molecule has 0 spiro atoms. The maximum atomic E-state index is 12.1. The van der Waals surface area contributed by atoms with Crippen LogP contribution in [0.1, 0.15) is 62.7 Å². The second-order valence-corrected chi connectivity index (χ2v) is 6.82. The van der Waals surface area contributed by atoms with E-state index in [4.69, 9.17) is 9.47 Å². The number of alkyl carbamates (subject to hydrolysis) is 1. The van der Waals surface area contributed by atoms with E-state index in [-0.39, 0.29) is 17.7 Å². The summed E-state index contributed by atoms with van der Waals surface area (Å²) in [6.45, 7) is 11.1. The number of imidazole rings is 1. The molecule has 1 aromatic heterocycles. The number of carbonyl (C=O) groups is 2. The maximum Gasteiger partial charge on any atom is 0.408 e. The van der Waals surface area contributed by atoms with Gasteiger partial charge >= 0.3 is 12.1 Å². The summed E-state index contributed by atoms with van der Waals surface area (Å²) in [6, 6.07) is -0.382. The first-order valence-electron chi connectivity index (χ1n) is 7.59. The monoisotopic (exact) mass is 325 g/mol. The molecule has 7 nitrogen and oxygen atoms in total. The predicted molar refractivity (Wildman–Crippen MR) is 86.2 cm³/mol. The van der Waals surface area contributed by atoms with Crippen LogP contribution in [0.15, 0.2) is 0 Å². The molecule has 0 aliphatic rings. The van der Waals surface area contributed by atoms with E-state index in [1.165, 1.54) is 7.11 Å². The molecule has 0 saturated heterocycles. The molecule has 7 heteroatoms. The lowest BCUT2D eigenvalue weighted by Gasteiger charge is -2.25. The van der Waals surface area contributed by atoms with Crippen LogP contribution in [-0.4, -0.2) is 34.3 Å². The summed E-state index contributed by atoms with van der Waals surface area (Å²) in [5.74, 6) is 0.154. The number of carbonyl (C=O) groups excluding carboxylic acids is 2. The van der Waals surface area contributed by atoms with E-state index < -0.39 is 17.7 Å². The highest BCUT2D eigenvalue weighted by molar-refractivity contribution is 5.88. The number of nitrogens with zero attached hydrogens (tertiary/aromatic N) is 2. The van der Waals surface area contributed by atoms with Crippen molar-refractivity contribution in [3.8, 4) is 0 Å². The molecular formula is C16H27N3O4. The zero-order chi connectivity index (χ0) is 17.9. The highest BCUT2D eigenvalue weighted by Gasteiger charge is 2.28. The van der Waals surface area contributed by atoms with Gasteiger partial charge in [0.1, 0.15) is 11.4 Å². The Kier molecular flexibility index (Phi) is 5.80. The molecule has 1 heterocycles. The standard InChI is InChI=1S/C16H27N3O4/c1-9(2)11(18-15(21)23-16(4,5)6)13-17-12(14(20)22-8)10(3)19(13)7/h9,11H,1-8H3,(H,18,21)/t11-/m0/s1. The molecule has 1 amide bonds. The Morgan fingerprint density at radius 1 is 1.26 bits per heavy atom. The van der Waals surface area contributed by atoms with Crippen LogP contribution in [0.5, 0.6) is 0 Å². The molecule has 130 valence electrons. The van der Waals surface area contributed by atoms with Gasteiger partial charge in [0.2, 0.25) is 0 Å². The van der Waals surface area contributed by atoms with Gasteiger partial charge in [-0.05, 0) is 33.6 Å². The highest BCUT2D eigenvalue weighted by atomic mass is 16.6. The quantitative estimate of drug-likeness (QED) is 0.861. The zero-order valence-corrected chi connectivity index (χ0v) is 15.2. The fourth-order valence-electron chi connectivity index (χ4n) is 2.13. The van der Waals surface area contributed by atoms with Crippen molar-refractivity contribution in [3.05, 3.63) is 17.2 Å². The summed E-state index contributed by atoms with van der Waals surface area (Å²) in [6.07, 6.45) is -0.517. The van der Waals surface area contributed by atoms with Gasteiger partial charge in [-0.2, -0.15) is 0 Å². The van der Waals surface area contributed by atoms with Crippen molar-refractivity contribution in [1.82, 2.24) is 14.9 Å². The van der Waals surface area contributed by atoms with E-state index in [9.17, 15) is 9.59 Å². The molecule has 0 unspecified atom stereocenters. The van der Waals surface area contributed by atoms with E-state index in [0.717, 1.165) is 0 Å². The van der Waals surface area contributed by atoms with Gasteiger partial charge in [-0.15, -0.1) is 0 Å². The van der Waals surface area contributed by atoms with Gasteiger partial charge < -0.3 is 19.4 Å². The van der Waals surface area contributed by atoms with Gasteiger partial charge in [0.25, 0.3) is 0 Å². The summed E-state index contributed by atoms with van der Waals surface area (Å²) < 4.78 is 11.8. The van der Waals surface area contributed by atoms with Crippen molar-refractivity contribution in [1.29, 1.82) is 0 Å². The topological polar surface area (TPSA) is 82.4 Å². The minimum atomic E-state index is -0.583. The van der Waals surface area contributed by atoms with Crippen LogP contribution in [0.25, 0.3) is 0 Å². The second kappa shape index (κ2) is 7.02. The van der Waals surface area contributed by atoms with E-state index in [1.54, 1.807) is 39.3 Å². The first-order valence-corrected chi connectivity index (χ1v) is 7.59. The number of nitrogens with one attached hydrogen (secondary N) is 1. The van der Waals surface area contributed by atoms with Crippen molar-refractivity contribution in [2.24, 2.45) is 13.0 Å². The van der Waals surface area contributed by atoms with Crippen LogP contribution < -0.4 is 5.32 Å². The molecule has 0 aromatic carbocycles. The Bertz CT molecular complexity index is 585. The minimum absolute atomic E-state index is 0.0634. The van der Waals surface area contributed by atoms with Crippen LogP contribution in [0.2, 0.25) is 0 Å². The van der Waals surface area contributed by atoms with Crippen LogP contribution >= 0.6 is 0 Å². The van der Waals surface area contributed by atoms with E-state index in [0.29, 0.717) is 11.5 Å². The minimum Gasteiger partial charge on any atom is -0.464 e. The first kappa shape index (κ1) is 19.0. The third-order valence-corrected chi connectivity index (χ3v) is 3.41. The molecular weight excluding hydrogens is 298 g/mol. The van der Waals surface area contributed by atoms with Crippen LogP contribution in [0.3, 0.4) is 0 Å². The molecule has 0 aliphatic heterocycles. The summed E-state index contributed by atoms with van der Waals surface area (Å²) >= 11 is 0. The third-order valence-electron chi connectivity index (χ3n) is 3.41. The number of rotatable bonds is 4. The van der Waals surface area contributed by atoms with Crippen molar-refractivity contribution in [2.75, 3.05) is 7.11 Å². The van der Waals surface area contributed by atoms with Gasteiger partial charge in [0.15, 0.2) is 5.69 Å². The number of ether oxygens (including phenoxy) is 2.